The van der Waals surface area contributed by atoms with E-state index in [-0.39, 0.29) is 17.0 Å². The monoisotopic (exact) mass is 419 g/mol. The molecule has 0 aromatic heterocycles. The number of rotatable bonds is 6. The van der Waals surface area contributed by atoms with Gasteiger partial charge in [0.15, 0.2) is 0 Å². The minimum atomic E-state index is -4.68. The van der Waals surface area contributed by atoms with Gasteiger partial charge in [-0.05, 0) is 35.4 Å². The van der Waals surface area contributed by atoms with Crippen molar-refractivity contribution in [3.63, 3.8) is 0 Å². The van der Waals surface area contributed by atoms with E-state index in [0.29, 0.717) is 10.5 Å². The molecule has 146 valence electrons. The molecule has 0 fully saturated rings. The number of hydrogen-bond donors (Lipinski definition) is 2. The predicted molar refractivity (Wildman–Crippen MR) is 96.9 cm³/mol. The van der Waals surface area contributed by atoms with Crippen LogP contribution in [0.15, 0.2) is 47.4 Å². The summed E-state index contributed by atoms with van der Waals surface area (Å²) in [6.07, 6.45) is -3.25. The first kappa shape index (κ1) is 21.4. The molecular weight excluding hydrogens is 403 g/mol. The quantitative estimate of drug-likeness (QED) is 0.753. The lowest BCUT2D eigenvalue weighted by Crippen LogP contribution is -2.33. The van der Waals surface area contributed by atoms with E-state index in [9.17, 15) is 27.3 Å². The minimum Gasteiger partial charge on any atom is -0.394 e. The van der Waals surface area contributed by atoms with Crippen molar-refractivity contribution in [2.45, 2.75) is 23.5 Å². The van der Waals surface area contributed by atoms with Gasteiger partial charge in [0.1, 0.15) is 0 Å². The fraction of sp³-hybridized carbons (Fsp3) is 0.278. The van der Waals surface area contributed by atoms with Gasteiger partial charge in [0.25, 0.3) is 0 Å². The lowest BCUT2D eigenvalue weighted by molar-refractivity contribution is -0.139. The third-order valence-corrected chi connectivity index (χ3v) is 5.01. The minimum absolute atomic E-state index is 0.0949. The van der Waals surface area contributed by atoms with E-state index < -0.39 is 41.1 Å². The molecule has 2 unspecified atom stereocenters. The van der Waals surface area contributed by atoms with E-state index in [1.807, 2.05) is 0 Å². The maximum atomic E-state index is 13.2. The molecule has 0 aliphatic rings. The molecule has 2 atom stereocenters. The average molecular weight is 420 g/mol. The Balaban J connectivity index is 2.17. The van der Waals surface area contributed by atoms with E-state index in [0.717, 1.165) is 12.1 Å². The largest absolute Gasteiger partial charge is 0.416 e. The van der Waals surface area contributed by atoms with Gasteiger partial charge in [-0.3, -0.25) is 9.00 Å². The van der Waals surface area contributed by atoms with E-state index in [1.54, 1.807) is 24.3 Å². The first-order valence-electron chi connectivity index (χ1n) is 7.81. The van der Waals surface area contributed by atoms with E-state index >= 15 is 0 Å². The van der Waals surface area contributed by atoms with Crippen molar-refractivity contribution in [3.05, 3.63) is 64.2 Å². The summed E-state index contributed by atoms with van der Waals surface area (Å²) >= 11 is 5.65. The third kappa shape index (κ3) is 5.79. The standard InChI is InChI=1S/C18H17ClF3NO3S/c1-27(26)13-5-2-11(3-6-13)8-17(25)23-16(10-24)14-7-4-12(19)9-15(14)18(20,21)22/h2-7,9,16,24H,8,10H2,1H3,(H,23,25). The second-order valence-corrected chi connectivity index (χ2v) is 7.62. The van der Waals surface area contributed by atoms with Gasteiger partial charge in [-0.1, -0.05) is 29.8 Å². The second-order valence-electron chi connectivity index (χ2n) is 5.81. The third-order valence-electron chi connectivity index (χ3n) is 3.83. The molecule has 9 heteroatoms. The maximum Gasteiger partial charge on any atom is 0.416 e. The van der Waals surface area contributed by atoms with Gasteiger partial charge in [-0.15, -0.1) is 0 Å². The molecule has 0 saturated heterocycles. The van der Waals surface area contributed by atoms with Gasteiger partial charge in [0, 0.05) is 27.0 Å². The topological polar surface area (TPSA) is 66.4 Å². The predicted octanol–water partition coefficient (Wildman–Crippen LogP) is 3.49. The normalized spacial score (nSPS) is 13.9. The lowest BCUT2D eigenvalue weighted by atomic mass is 9.99. The zero-order chi connectivity index (χ0) is 20.2. The number of carbonyl (C=O) groups excluding carboxylic acids is 1. The highest BCUT2D eigenvalue weighted by Crippen LogP contribution is 2.36. The molecule has 0 bridgehead atoms. The first-order chi connectivity index (χ1) is 12.6. The Morgan fingerprint density at radius 3 is 2.37 bits per heavy atom. The van der Waals surface area contributed by atoms with E-state index in [1.165, 1.54) is 12.3 Å². The van der Waals surface area contributed by atoms with Crippen molar-refractivity contribution in [2.75, 3.05) is 12.9 Å². The Morgan fingerprint density at radius 1 is 1.22 bits per heavy atom. The van der Waals surface area contributed by atoms with Crippen molar-refractivity contribution in [1.82, 2.24) is 5.32 Å². The molecule has 0 heterocycles. The van der Waals surface area contributed by atoms with Gasteiger partial charge in [0.05, 0.1) is 24.6 Å². The van der Waals surface area contributed by atoms with Crippen LogP contribution in [0.3, 0.4) is 0 Å². The van der Waals surface area contributed by atoms with Crippen LogP contribution in [0.1, 0.15) is 22.7 Å². The van der Waals surface area contributed by atoms with Crippen molar-refractivity contribution >= 4 is 28.3 Å². The molecule has 0 aliphatic carbocycles. The Hall–Kier alpha value is -1.90. The summed E-state index contributed by atoms with van der Waals surface area (Å²) in [6, 6.07) is 8.40. The number of aliphatic hydroxyl groups excluding tert-OH is 1. The van der Waals surface area contributed by atoms with Crippen LogP contribution in [0.2, 0.25) is 5.02 Å². The molecule has 2 aromatic carbocycles. The summed E-state index contributed by atoms with van der Waals surface area (Å²) in [5.74, 6) is -0.553. The fourth-order valence-corrected chi connectivity index (χ4v) is 3.22. The average Bonchev–Trinajstić information content (AvgIpc) is 2.59. The van der Waals surface area contributed by atoms with Gasteiger partial charge < -0.3 is 10.4 Å². The molecular formula is C18H17ClF3NO3S. The van der Waals surface area contributed by atoms with Crippen LogP contribution in [0.5, 0.6) is 0 Å². The second kappa shape index (κ2) is 8.86. The lowest BCUT2D eigenvalue weighted by Gasteiger charge is -2.21. The number of benzene rings is 2. The van der Waals surface area contributed by atoms with Crippen molar-refractivity contribution in [3.8, 4) is 0 Å². The van der Waals surface area contributed by atoms with Crippen molar-refractivity contribution in [1.29, 1.82) is 0 Å². The molecule has 2 N–H and O–H groups in total. The Labute approximate surface area is 161 Å². The summed E-state index contributed by atoms with van der Waals surface area (Å²) < 4.78 is 51.1. The number of carbonyl (C=O) groups is 1. The maximum absolute atomic E-state index is 13.2. The van der Waals surface area contributed by atoms with Crippen molar-refractivity contribution in [2.24, 2.45) is 0 Å². The summed E-state index contributed by atoms with van der Waals surface area (Å²) in [5, 5.41) is 11.8. The molecule has 0 aliphatic heterocycles. The highest BCUT2D eigenvalue weighted by Gasteiger charge is 2.35. The van der Waals surface area contributed by atoms with Gasteiger partial charge in [-0.2, -0.15) is 13.2 Å². The summed E-state index contributed by atoms with van der Waals surface area (Å²) in [6.45, 7) is -0.704. The number of halogens is 4. The zero-order valence-electron chi connectivity index (χ0n) is 14.2. The SMILES string of the molecule is CS(=O)c1ccc(CC(=O)NC(CO)c2ccc(Cl)cc2C(F)(F)F)cc1. The van der Waals surface area contributed by atoms with Crippen LogP contribution in [-0.2, 0) is 28.2 Å². The highest BCUT2D eigenvalue weighted by atomic mass is 35.5. The molecule has 1 amide bonds. The van der Waals surface area contributed by atoms with Crippen LogP contribution in [0.4, 0.5) is 13.2 Å². The molecule has 27 heavy (non-hydrogen) atoms. The zero-order valence-corrected chi connectivity index (χ0v) is 15.8. The molecule has 0 spiro atoms. The Morgan fingerprint density at radius 2 is 1.85 bits per heavy atom. The molecule has 2 rings (SSSR count). The van der Waals surface area contributed by atoms with E-state index in [4.69, 9.17) is 11.6 Å². The van der Waals surface area contributed by atoms with Gasteiger partial charge in [0.2, 0.25) is 5.91 Å². The number of nitrogens with one attached hydrogen (secondary N) is 1. The molecule has 4 nitrogen and oxygen atoms in total. The fourth-order valence-electron chi connectivity index (χ4n) is 2.53. The first-order valence-corrected chi connectivity index (χ1v) is 9.74. The summed E-state index contributed by atoms with van der Waals surface area (Å²) in [5.41, 5.74) is -0.672. The van der Waals surface area contributed by atoms with Crippen molar-refractivity contribution < 1.29 is 27.3 Å². The Bertz CT molecular complexity index is 841. The van der Waals surface area contributed by atoms with Gasteiger partial charge >= 0.3 is 6.18 Å². The Kier molecular flexibility index (Phi) is 7.02. The molecule has 2 aromatic rings. The number of aliphatic hydroxyl groups is 1. The number of hydrogen-bond acceptors (Lipinski definition) is 3. The number of amides is 1. The van der Waals surface area contributed by atoms with Crippen LogP contribution < -0.4 is 5.32 Å². The highest BCUT2D eigenvalue weighted by molar-refractivity contribution is 7.84. The number of alkyl halides is 3. The van der Waals surface area contributed by atoms with E-state index in [2.05, 4.69) is 5.32 Å². The summed E-state index contributed by atoms with van der Waals surface area (Å²) in [7, 11) is -1.15. The smallest absolute Gasteiger partial charge is 0.394 e. The van der Waals surface area contributed by atoms with Crippen LogP contribution in [0, 0.1) is 0 Å². The van der Waals surface area contributed by atoms with Crippen LogP contribution in [0.25, 0.3) is 0 Å². The molecule has 0 radical (unpaired) electrons. The molecule has 0 saturated carbocycles. The van der Waals surface area contributed by atoms with Crippen LogP contribution in [-0.4, -0.2) is 28.1 Å². The van der Waals surface area contributed by atoms with Crippen LogP contribution >= 0.6 is 11.6 Å². The summed E-state index contributed by atoms with van der Waals surface area (Å²) in [4.78, 5) is 12.8. The van der Waals surface area contributed by atoms with Gasteiger partial charge in [-0.25, -0.2) is 0 Å².